The Morgan fingerprint density at radius 2 is 2.20 bits per heavy atom. The SMILES string of the molecule is Cn1cc(S(=O)(=O)N2CC(O)C2)c(N)n1. The number of aliphatic hydroxyl groups excluding tert-OH is 1. The van der Waals surface area contributed by atoms with Crippen molar-refractivity contribution in [1.29, 1.82) is 0 Å². The first-order valence-corrected chi connectivity index (χ1v) is 5.82. The maximum atomic E-state index is 11.9. The summed E-state index contributed by atoms with van der Waals surface area (Å²) in [6.45, 7) is 0.243. The van der Waals surface area contributed by atoms with Gasteiger partial charge in [0.1, 0.15) is 4.90 Å². The van der Waals surface area contributed by atoms with Gasteiger partial charge in [-0.25, -0.2) is 8.42 Å². The first kappa shape index (κ1) is 10.4. The topological polar surface area (TPSA) is 101 Å². The van der Waals surface area contributed by atoms with E-state index >= 15 is 0 Å². The molecule has 3 N–H and O–H groups in total. The lowest BCUT2D eigenvalue weighted by Gasteiger charge is -2.34. The highest BCUT2D eigenvalue weighted by Gasteiger charge is 2.37. The average Bonchev–Trinajstić information content (AvgIpc) is 2.40. The molecule has 0 aromatic carbocycles. The van der Waals surface area contributed by atoms with Gasteiger partial charge in [0, 0.05) is 26.3 Å². The number of rotatable bonds is 2. The second-order valence-corrected chi connectivity index (χ2v) is 5.43. The van der Waals surface area contributed by atoms with Crippen LogP contribution in [0.5, 0.6) is 0 Å². The lowest BCUT2D eigenvalue weighted by molar-refractivity contribution is 0.0548. The summed E-state index contributed by atoms with van der Waals surface area (Å²) in [7, 11) is -1.98. The van der Waals surface area contributed by atoms with Crippen LogP contribution >= 0.6 is 0 Å². The fourth-order valence-corrected chi connectivity index (χ4v) is 3.04. The van der Waals surface area contributed by atoms with Gasteiger partial charge < -0.3 is 10.8 Å². The molecule has 0 spiro atoms. The Labute approximate surface area is 87.1 Å². The molecule has 1 aromatic rings. The van der Waals surface area contributed by atoms with Crippen molar-refractivity contribution in [2.45, 2.75) is 11.0 Å². The molecule has 0 bridgehead atoms. The van der Waals surface area contributed by atoms with E-state index in [4.69, 9.17) is 10.8 Å². The standard InChI is InChI=1S/C7H12N4O3S/c1-10-4-6(7(8)9-10)15(13,14)11-2-5(12)3-11/h4-5,12H,2-3H2,1H3,(H2,8,9). The molecule has 1 aliphatic heterocycles. The van der Waals surface area contributed by atoms with Gasteiger partial charge in [-0.1, -0.05) is 0 Å². The average molecular weight is 232 g/mol. The van der Waals surface area contributed by atoms with E-state index in [1.807, 2.05) is 0 Å². The third-order valence-corrected chi connectivity index (χ3v) is 4.12. The van der Waals surface area contributed by atoms with E-state index in [0.717, 1.165) is 0 Å². The summed E-state index contributed by atoms with van der Waals surface area (Å²) in [5, 5.41) is 12.8. The molecular formula is C7H12N4O3S. The number of sulfonamides is 1. The van der Waals surface area contributed by atoms with E-state index in [2.05, 4.69) is 5.10 Å². The second kappa shape index (κ2) is 3.19. The van der Waals surface area contributed by atoms with Crippen LogP contribution in [0, 0.1) is 0 Å². The number of β-amino-alcohol motifs (C(OH)–C–C–N with tert-alkyl or cyclic N) is 1. The Morgan fingerprint density at radius 3 is 2.60 bits per heavy atom. The quantitative estimate of drug-likeness (QED) is 0.637. The van der Waals surface area contributed by atoms with Gasteiger partial charge in [0.15, 0.2) is 5.82 Å². The summed E-state index contributed by atoms with van der Waals surface area (Å²) in [4.78, 5) is -0.00287. The highest BCUT2D eigenvalue weighted by Crippen LogP contribution is 2.24. The Hall–Kier alpha value is -1.12. The molecule has 84 valence electrons. The lowest BCUT2D eigenvalue weighted by atomic mass is 10.2. The molecule has 0 unspecified atom stereocenters. The number of aryl methyl sites for hydroxylation is 1. The zero-order valence-corrected chi connectivity index (χ0v) is 8.98. The highest BCUT2D eigenvalue weighted by atomic mass is 32.2. The predicted octanol–water partition coefficient (Wildman–Crippen LogP) is -1.63. The van der Waals surface area contributed by atoms with Gasteiger partial charge in [0.05, 0.1) is 6.10 Å². The molecule has 1 aromatic heterocycles. The lowest BCUT2D eigenvalue weighted by Crippen LogP contribution is -2.53. The van der Waals surface area contributed by atoms with Crippen molar-refractivity contribution in [3.63, 3.8) is 0 Å². The number of nitrogen functional groups attached to an aromatic ring is 1. The minimum absolute atomic E-state index is 0.00287. The first-order chi connectivity index (χ1) is 6.91. The first-order valence-electron chi connectivity index (χ1n) is 4.38. The fraction of sp³-hybridized carbons (Fsp3) is 0.571. The molecule has 0 aliphatic carbocycles. The number of aromatic nitrogens is 2. The molecule has 0 radical (unpaired) electrons. The molecule has 0 atom stereocenters. The van der Waals surface area contributed by atoms with Gasteiger partial charge in [0.2, 0.25) is 10.0 Å². The Balaban J connectivity index is 2.34. The summed E-state index contributed by atoms with van der Waals surface area (Å²) in [5.41, 5.74) is 5.48. The number of hydrogen-bond acceptors (Lipinski definition) is 5. The summed E-state index contributed by atoms with van der Waals surface area (Å²) in [6, 6.07) is 0. The van der Waals surface area contributed by atoms with Gasteiger partial charge in [0.25, 0.3) is 0 Å². The normalized spacial score (nSPS) is 19.1. The van der Waals surface area contributed by atoms with Crippen molar-refractivity contribution in [3.8, 4) is 0 Å². The molecule has 15 heavy (non-hydrogen) atoms. The number of anilines is 1. The molecule has 0 amide bonds. The van der Waals surface area contributed by atoms with E-state index in [9.17, 15) is 8.42 Å². The zero-order chi connectivity index (χ0) is 11.2. The molecular weight excluding hydrogens is 220 g/mol. The van der Waals surface area contributed by atoms with Crippen LogP contribution < -0.4 is 5.73 Å². The van der Waals surface area contributed by atoms with Gasteiger partial charge in [-0.15, -0.1) is 0 Å². The molecule has 1 fully saturated rings. The zero-order valence-electron chi connectivity index (χ0n) is 8.16. The number of nitrogens with two attached hydrogens (primary N) is 1. The Kier molecular flexibility index (Phi) is 2.21. The molecule has 8 heteroatoms. The van der Waals surface area contributed by atoms with Crippen molar-refractivity contribution in [1.82, 2.24) is 14.1 Å². The summed E-state index contributed by atoms with van der Waals surface area (Å²) in [6.07, 6.45) is 0.785. The largest absolute Gasteiger partial charge is 0.390 e. The number of hydrogen-bond donors (Lipinski definition) is 2. The fourth-order valence-electron chi connectivity index (χ4n) is 1.43. The highest BCUT2D eigenvalue weighted by molar-refractivity contribution is 7.89. The van der Waals surface area contributed by atoms with Crippen LogP contribution in [-0.2, 0) is 17.1 Å². The van der Waals surface area contributed by atoms with Crippen molar-refractivity contribution < 1.29 is 13.5 Å². The molecule has 7 nitrogen and oxygen atoms in total. The van der Waals surface area contributed by atoms with E-state index in [1.54, 1.807) is 7.05 Å². The third-order valence-electron chi connectivity index (χ3n) is 2.27. The van der Waals surface area contributed by atoms with Crippen molar-refractivity contribution >= 4 is 15.8 Å². The van der Waals surface area contributed by atoms with Crippen LogP contribution in [0.2, 0.25) is 0 Å². The van der Waals surface area contributed by atoms with Crippen molar-refractivity contribution in [2.24, 2.45) is 7.05 Å². The van der Waals surface area contributed by atoms with E-state index in [-0.39, 0.29) is 23.8 Å². The van der Waals surface area contributed by atoms with Crippen LogP contribution in [0.4, 0.5) is 5.82 Å². The van der Waals surface area contributed by atoms with Crippen molar-refractivity contribution in [2.75, 3.05) is 18.8 Å². The molecule has 2 heterocycles. The van der Waals surface area contributed by atoms with E-state index < -0.39 is 16.1 Å². The van der Waals surface area contributed by atoms with Gasteiger partial charge in [-0.2, -0.15) is 9.40 Å². The monoisotopic (exact) mass is 232 g/mol. The maximum absolute atomic E-state index is 11.9. The van der Waals surface area contributed by atoms with Crippen LogP contribution in [-0.4, -0.2) is 46.8 Å². The van der Waals surface area contributed by atoms with Gasteiger partial charge in [-0.05, 0) is 0 Å². The van der Waals surface area contributed by atoms with Crippen LogP contribution in [0.3, 0.4) is 0 Å². The minimum Gasteiger partial charge on any atom is -0.390 e. The van der Waals surface area contributed by atoms with Crippen LogP contribution in [0.15, 0.2) is 11.1 Å². The minimum atomic E-state index is -3.58. The third kappa shape index (κ3) is 1.60. The van der Waals surface area contributed by atoms with Gasteiger partial charge >= 0.3 is 0 Å². The number of aliphatic hydroxyl groups is 1. The molecule has 0 saturated carbocycles. The van der Waals surface area contributed by atoms with Crippen LogP contribution in [0.1, 0.15) is 0 Å². The Morgan fingerprint density at radius 1 is 1.60 bits per heavy atom. The summed E-state index contributed by atoms with van der Waals surface area (Å²) >= 11 is 0. The van der Waals surface area contributed by atoms with E-state index in [0.29, 0.717) is 0 Å². The number of nitrogens with zero attached hydrogens (tertiary/aromatic N) is 3. The summed E-state index contributed by atoms with van der Waals surface area (Å²) in [5.74, 6) is -0.0149. The van der Waals surface area contributed by atoms with Crippen molar-refractivity contribution in [3.05, 3.63) is 6.20 Å². The Bertz CT molecular complexity index is 474. The predicted molar refractivity (Wildman–Crippen MR) is 52.4 cm³/mol. The van der Waals surface area contributed by atoms with Crippen LogP contribution in [0.25, 0.3) is 0 Å². The van der Waals surface area contributed by atoms with Gasteiger partial charge in [-0.3, -0.25) is 4.68 Å². The maximum Gasteiger partial charge on any atom is 0.248 e. The van der Waals surface area contributed by atoms with E-state index in [1.165, 1.54) is 15.2 Å². The molecule has 1 saturated heterocycles. The molecule has 1 aliphatic rings. The molecule has 2 rings (SSSR count). The second-order valence-electron chi connectivity index (χ2n) is 3.53. The smallest absolute Gasteiger partial charge is 0.248 e. The summed E-state index contributed by atoms with van der Waals surface area (Å²) < 4.78 is 26.3.